The van der Waals surface area contributed by atoms with E-state index in [4.69, 9.17) is 21.4 Å². The zero-order valence-corrected chi connectivity index (χ0v) is 29.2. The van der Waals surface area contributed by atoms with Gasteiger partial charge in [0.15, 0.2) is 0 Å². The molecule has 12 nitrogen and oxygen atoms in total. The van der Waals surface area contributed by atoms with Crippen LogP contribution in [0.15, 0.2) is 102 Å². The molecular weight excluding hydrogens is 708 g/mol. The van der Waals surface area contributed by atoms with E-state index in [0.717, 1.165) is 5.56 Å². The normalized spacial score (nSPS) is 13.7. The van der Waals surface area contributed by atoms with Gasteiger partial charge in [0.05, 0.1) is 15.0 Å². The van der Waals surface area contributed by atoms with Crippen LogP contribution >= 0.6 is 11.6 Å². The first-order valence-corrected chi connectivity index (χ1v) is 18.9. The molecule has 15 heteroatoms. The van der Waals surface area contributed by atoms with Crippen molar-refractivity contribution in [2.24, 2.45) is 0 Å². The molecule has 4 aromatic rings. The number of fused-ring (bicyclic) bond motifs is 2. The Kier molecular flexibility index (Phi) is 11.3. The van der Waals surface area contributed by atoms with E-state index in [1.807, 2.05) is 0 Å². The van der Waals surface area contributed by atoms with Gasteiger partial charge in [-0.15, -0.1) is 0 Å². The Bertz CT molecular complexity index is 2040. The Morgan fingerprint density at radius 3 is 2.06 bits per heavy atom. The predicted octanol–water partition coefficient (Wildman–Crippen LogP) is 4.17. The monoisotopic (exact) mass is 740 g/mol. The molecule has 0 aromatic heterocycles. The van der Waals surface area contributed by atoms with Gasteiger partial charge in [0.2, 0.25) is 5.60 Å². The molecule has 50 heavy (non-hydrogen) atoms. The largest absolute Gasteiger partial charge is 0.748 e. The van der Waals surface area contributed by atoms with Crippen molar-refractivity contribution < 1.29 is 45.9 Å². The van der Waals surface area contributed by atoms with Crippen LogP contribution in [0.25, 0.3) is 0 Å². The second-order valence-electron chi connectivity index (χ2n) is 11.6. The van der Waals surface area contributed by atoms with Crippen LogP contribution < -0.4 is 10.0 Å². The van der Waals surface area contributed by atoms with E-state index in [-0.39, 0.29) is 42.0 Å². The molecule has 1 aliphatic heterocycles. The quantitative estimate of drug-likeness (QED) is 0.0972. The molecule has 0 bridgehead atoms. The number of carboxylic acid groups (broad SMARTS) is 1. The third kappa shape index (κ3) is 8.01. The topological polar surface area (TPSA) is 173 Å². The standard InChI is InChI=1S/C35H35ClN2O10S2/c1-25-16-18-28(19-17-25)50(45,46)38(21-7-15-33(39)40)34(41)35(48-47-24-26-9-6-10-27(36)23-26)29-11-2-4-13-31(29)37(20-8-22-49(42,43)44)32-14-5-3-12-30(32)35/h2-6,9-14,16-19,23H,7-8,15,20-22,24H2,1H3,(H,39,40)(H,42,43,44)/p-2. The summed E-state index contributed by atoms with van der Waals surface area (Å²) in [5.41, 5.74) is 0.0800. The maximum absolute atomic E-state index is 15.3. The number of rotatable bonds is 15. The Hall–Kier alpha value is -4.31. The lowest BCUT2D eigenvalue weighted by Crippen LogP contribution is -2.54. The second-order valence-corrected chi connectivity index (χ2v) is 15.5. The molecular formula is C35H33ClN2O10S2-2. The minimum absolute atomic E-state index is 0.0418. The summed E-state index contributed by atoms with van der Waals surface area (Å²) >= 11 is 6.17. The molecule has 1 heterocycles. The number of carbonyl (C=O) groups is 2. The van der Waals surface area contributed by atoms with Crippen LogP contribution in [0.1, 0.15) is 41.5 Å². The summed E-state index contributed by atoms with van der Waals surface area (Å²) in [6.07, 6.45) is -0.855. The molecule has 0 saturated carbocycles. The second kappa shape index (κ2) is 15.3. The lowest BCUT2D eigenvalue weighted by molar-refractivity contribution is -0.354. The summed E-state index contributed by atoms with van der Waals surface area (Å²) in [7, 11) is -9.17. The van der Waals surface area contributed by atoms with Crippen LogP contribution in [0.5, 0.6) is 0 Å². The minimum Gasteiger partial charge on any atom is -0.748 e. The predicted molar refractivity (Wildman–Crippen MR) is 181 cm³/mol. The number of halogens is 1. The zero-order valence-electron chi connectivity index (χ0n) is 26.9. The third-order valence-electron chi connectivity index (χ3n) is 8.10. The third-order valence-corrected chi connectivity index (χ3v) is 10.9. The van der Waals surface area contributed by atoms with Crippen molar-refractivity contribution in [3.63, 3.8) is 0 Å². The van der Waals surface area contributed by atoms with Crippen LogP contribution in [-0.4, -0.2) is 56.4 Å². The number of sulfonamides is 1. The molecule has 1 aliphatic rings. The van der Waals surface area contributed by atoms with Crippen molar-refractivity contribution in [2.75, 3.05) is 23.7 Å². The molecule has 0 N–H and O–H groups in total. The number of nitrogens with zero attached hydrogens (tertiary/aromatic N) is 2. The molecule has 1 amide bonds. The molecule has 0 radical (unpaired) electrons. The SMILES string of the molecule is Cc1ccc(S(=O)(=O)N(CCCC(=O)[O-])C(=O)C2(OOCc3cccc(Cl)c3)c3ccccc3N(CCCS(=O)(=O)[O-])c3ccccc32)cc1. The highest BCUT2D eigenvalue weighted by molar-refractivity contribution is 7.89. The zero-order chi connectivity index (χ0) is 36.1. The van der Waals surface area contributed by atoms with E-state index < -0.39 is 56.3 Å². The van der Waals surface area contributed by atoms with E-state index in [9.17, 15) is 31.3 Å². The van der Waals surface area contributed by atoms with Gasteiger partial charge in [0.25, 0.3) is 15.9 Å². The number of anilines is 2. The molecule has 264 valence electrons. The Morgan fingerprint density at radius 1 is 0.860 bits per heavy atom. The van der Waals surface area contributed by atoms with Crippen LogP contribution in [0.3, 0.4) is 0 Å². The molecule has 4 aromatic carbocycles. The van der Waals surface area contributed by atoms with Gasteiger partial charge in [-0.1, -0.05) is 77.8 Å². The highest BCUT2D eigenvalue weighted by Crippen LogP contribution is 2.51. The number of carbonyl (C=O) groups excluding carboxylic acids is 2. The van der Waals surface area contributed by atoms with E-state index in [1.165, 1.54) is 12.1 Å². The number of benzene rings is 4. The van der Waals surface area contributed by atoms with Gasteiger partial charge < -0.3 is 19.4 Å². The van der Waals surface area contributed by atoms with Crippen LogP contribution in [0, 0.1) is 6.92 Å². The number of aryl methyl sites for hydroxylation is 1. The first-order chi connectivity index (χ1) is 23.7. The lowest BCUT2D eigenvalue weighted by Gasteiger charge is -2.44. The molecule has 0 unspecified atom stereocenters. The van der Waals surface area contributed by atoms with Gasteiger partial charge in [-0.05, 0) is 68.1 Å². The number of hydrogen-bond acceptors (Lipinski definition) is 11. The Labute approximate surface area is 295 Å². The van der Waals surface area contributed by atoms with Crippen molar-refractivity contribution >= 4 is 55.0 Å². The summed E-state index contributed by atoms with van der Waals surface area (Å²) in [6.45, 7) is 1.06. The number of para-hydroxylation sites is 2. The van der Waals surface area contributed by atoms with Crippen LogP contribution in [-0.2, 0) is 51.7 Å². The van der Waals surface area contributed by atoms with Gasteiger partial charge >= 0.3 is 0 Å². The number of hydrogen-bond donors (Lipinski definition) is 0. The first kappa shape index (κ1) is 37.0. The highest BCUT2D eigenvalue weighted by atomic mass is 35.5. The average Bonchev–Trinajstić information content (AvgIpc) is 3.07. The van der Waals surface area contributed by atoms with Crippen molar-refractivity contribution in [1.29, 1.82) is 0 Å². The lowest BCUT2D eigenvalue weighted by atomic mass is 9.79. The Balaban J connectivity index is 1.70. The van der Waals surface area contributed by atoms with Crippen molar-refractivity contribution in [3.05, 3.63) is 124 Å². The van der Waals surface area contributed by atoms with Gasteiger partial charge in [0.1, 0.15) is 6.61 Å². The fourth-order valence-electron chi connectivity index (χ4n) is 5.81. The van der Waals surface area contributed by atoms with Crippen molar-refractivity contribution in [3.8, 4) is 0 Å². The molecule has 0 atom stereocenters. The summed E-state index contributed by atoms with van der Waals surface area (Å²) < 4.78 is 63.7. The van der Waals surface area contributed by atoms with Gasteiger partial charge in [-0.3, -0.25) is 4.79 Å². The summed E-state index contributed by atoms with van der Waals surface area (Å²) in [4.78, 5) is 40.2. The molecule has 5 rings (SSSR count). The Morgan fingerprint density at radius 2 is 1.48 bits per heavy atom. The fourth-order valence-corrected chi connectivity index (χ4v) is 7.95. The first-order valence-electron chi connectivity index (χ1n) is 15.5. The van der Waals surface area contributed by atoms with Gasteiger partial charge in [0, 0.05) is 52.3 Å². The fraction of sp³-hybridized carbons (Fsp3) is 0.257. The van der Waals surface area contributed by atoms with Gasteiger partial charge in [-0.25, -0.2) is 30.9 Å². The highest BCUT2D eigenvalue weighted by Gasteiger charge is 2.55. The van der Waals surface area contributed by atoms with Crippen LogP contribution in [0.2, 0.25) is 5.02 Å². The number of amides is 1. The van der Waals surface area contributed by atoms with E-state index in [0.29, 0.717) is 26.3 Å². The van der Waals surface area contributed by atoms with Crippen LogP contribution in [0.4, 0.5) is 11.4 Å². The van der Waals surface area contributed by atoms with Gasteiger partial charge in [-0.2, -0.15) is 0 Å². The number of aliphatic carboxylic acids is 1. The minimum atomic E-state index is -4.63. The summed E-state index contributed by atoms with van der Waals surface area (Å²) in [5, 5.41) is 11.8. The summed E-state index contributed by atoms with van der Waals surface area (Å²) in [6, 6.07) is 25.5. The van der Waals surface area contributed by atoms with Crippen molar-refractivity contribution in [1.82, 2.24) is 4.31 Å². The average molecular weight is 741 g/mol. The molecule has 0 fully saturated rings. The molecule has 0 spiro atoms. The smallest absolute Gasteiger partial charge is 0.281 e. The number of carboxylic acids is 1. The van der Waals surface area contributed by atoms with E-state index in [2.05, 4.69) is 0 Å². The molecule has 0 aliphatic carbocycles. The van der Waals surface area contributed by atoms with E-state index in [1.54, 1.807) is 96.8 Å². The van der Waals surface area contributed by atoms with Crippen molar-refractivity contribution in [2.45, 2.75) is 43.3 Å². The maximum Gasteiger partial charge on any atom is 0.281 e. The van der Waals surface area contributed by atoms with E-state index >= 15 is 4.79 Å². The maximum atomic E-state index is 15.3. The molecule has 0 saturated heterocycles. The summed E-state index contributed by atoms with van der Waals surface area (Å²) in [5.74, 6) is -3.16.